The van der Waals surface area contributed by atoms with Crippen molar-refractivity contribution in [1.29, 1.82) is 0 Å². The SMILES string of the molecule is CN1CCC(Nc2ncc(C(=O)N3CCOCC3)cc2Cl)C1=O. The maximum atomic E-state index is 12.4. The van der Waals surface area contributed by atoms with Crippen molar-refractivity contribution in [1.82, 2.24) is 14.8 Å². The molecule has 23 heavy (non-hydrogen) atoms. The van der Waals surface area contributed by atoms with Gasteiger partial charge >= 0.3 is 0 Å². The summed E-state index contributed by atoms with van der Waals surface area (Å²) in [5.41, 5.74) is 0.442. The second kappa shape index (κ2) is 6.72. The maximum absolute atomic E-state index is 12.4. The molecule has 0 radical (unpaired) electrons. The molecule has 0 aliphatic carbocycles. The van der Waals surface area contributed by atoms with E-state index in [0.29, 0.717) is 55.7 Å². The average Bonchev–Trinajstić information content (AvgIpc) is 2.89. The van der Waals surface area contributed by atoms with Gasteiger partial charge in [-0.3, -0.25) is 9.59 Å². The van der Waals surface area contributed by atoms with Gasteiger partial charge in [0.15, 0.2) is 0 Å². The highest BCUT2D eigenvalue weighted by Crippen LogP contribution is 2.24. The number of morpholine rings is 1. The lowest BCUT2D eigenvalue weighted by atomic mass is 10.2. The number of nitrogens with zero attached hydrogens (tertiary/aromatic N) is 3. The fourth-order valence-corrected chi connectivity index (χ4v) is 2.95. The van der Waals surface area contributed by atoms with Gasteiger partial charge in [0.1, 0.15) is 11.9 Å². The Balaban J connectivity index is 1.70. The Morgan fingerprint density at radius 3 is 2.74 bits per heavy atom. The normalized spacial score (nSPS) is 21.7. The van der Waals surface area contributed by atoms with E-state index in [9.17, 15) is 9.59 Å². The number of aromatic nitrogens is 1. The first-order valence-corrected chi connectivity index (χ1v) is 7.98. The van der Waals surface area contributed by atoms with Crippen LogP contribution in [0.15, 0.2) is 12.3 Å². The van der Waals surface area contributed by atoms with Crippen LogP contribution in [0.25, 0.3) is 0 Å². The van der Waals surface area contributed by atoms with Crippen molar-refractivity contribution in [2.75, 3.05) is 45.2 Å². The molecule has 1 N–H and O–H groups in total. The molecule has 8 heteroatoms. The first-order chi connectivity index (χ1) is 11.1. The molecule has 3 heterocycles. The first-order valence-electron chi connectivity index (χ1n) is 7.60. The van der Waals surface area contributed by atoms with E-state index in [1.807, 2.05) is 0 Å². The Labute approximate surface area is 139 Å². The predicted octanol–water partition coefficient (Wildman–Crippen LogP) is 0.850. The van der Waals surface area contributed by atoms with E-state index in [0.717, 1.165) is 0 Å². The zero-order chi connectivity index (χ0) is 16.4. The number of nitrogens with one attached hydrogen (secondary N) is 1. The lowest BCUT2D eigenvalue weighted by molar-refractivity contribution is -0.127. The zero-order valence-electron chi connectivity index (χ0n) is 12.9. The summed E-state index contributed by atoms with van der Waals surface area (Å²) in [6, 6.07) is 1.28. The molecule has 1 atom stereocenters. The third kappa shape index (κ3) is 3.40. The second-order valence-corrected chi connectivity index (χ2v) is 6.11. The molecule has 0 saturated carbocycles. The van der Waals surface area contributed by atoms with Gasteiger partial charge in [-0.2, -0.15) is 0 Å². The van der Waals surface area contributed by atoms with Crippen molar-refractivity contribution in [3.63, 3.8) is 0 Å². The van der Waals surface area contributed by atoms with Crippen molar-refractivity contribution in [3.05, 3.63) is 22.8 Å². The van der Waals surface area contributed by atoms with Crippen LogP contribution < -0.4 is 5.32 Å². The number of rotatable bonds is 3. The number of carbonyl (C=O) groups is 2. The van der Waals surface area contributed by atoms with Crippen LogP contribution in [0.1, 0.15) is 16.8 Å². The topological polar surface area (TPSA) is 74.8 Å². The summed E-state index contributed by atoms with van der Waals surface area (Å²) >= 11 is 6.23. The second-order valence-electron chi connectivity index (χ2n) is 5.70. The number of likely N-dealkylation sites (N-methyl/N-ethyl adjacent to an activating group) is 1. The van der Waals surface area contributed by atoms with Crippen molar-refractivity contribution in [2.24, 2.45) is 0 Å². The summed E-state index contributed by atoms with van der Waals surface area (Å²) in [6.07, 6.45) is 2.21. The lowest BCUT2D eigenvalue weighted by Crippen LogP contribution is -2.40. The molecular formula is C15H19ClN4O3. The minimum atomic E-state index is -0.314. The standard InChI is InChI=1S/C15H19ClN4O3/c1-19-3-2-12(15(19)22)18-13-11(16)8-10(9-17-13)14(21)20-4-6-23-7-5-20/h8-9,12H,2-7H2,1H3,(H,17,18). The third-order valence-electron chi connectivity index (χ3n) is 4.12. The average molecular weight is 339 g/mol. The Morgan fingerprint density at radius 1 is 1.39 bits per heavy atom. The van der Waals surface area contributed by atoms with Gasteiger partial charge in [0.05, 0.1) is 23.8 Å². The van der Waals surface area contributed by atoms with E-state index < -0.39 is 0 Å². The van der Waals surface area contributed by atoms with E-state index in [4.69, 9.17) is 16.3 Å². The van der Waals surface area contributed by atoms with Gasteiger partial charge in [0.2, 0.25) is 5.91 Å². The van der Waals surface area contributed by atoms with Gasteiger partial charge in [0, 0.05) is 32.9 Å². The van der Waals surface area contributed by atoms with Gasteiger partial charge in [0.25, 0.3) is 5.91 Å². The molecular weight excluding hydrogens is 320 g/mol. The number of ether oxygens (including phenoxy) is 1. The van der Waals surface area contributed by atoms with E-state index in [-0.39, 0.29) is 17.9 Å². The molecule has 1 aromatic rings. The summed E-state index contributed by atoms with van der Waals surface area (Å²) in [5.74, 6) is 0.348. The summed E-state index contributed by atoms with van der Waals surface area (Å²) in [6.45, 7) is 2.94. The molecule has 124 valence electrons. The number of pyridine rings is 1. The zero-order valence-corrected chi connectivity index (χ0v) is 13.7. The summed E-state index contributed by atoms with van der Waals surface area (Å²) in [4.78, 5) is 31.9. The molecule has 0 aromatic carbocycles. The van der Waals surface area contributed by atoms with Crippen LogP contribution in [-0.4, -0.2) is 72.5 Å². The van der Waals surface area contributed by atoms with Crippen LogP contribution in [0.4, 0.5) is 5.82 Å². The maximum Gasteiger partial charge on any atom is 0.255 e. The number of amides is 2. The van der Waals surface area contributed by atoms with E-state index >= 15 is 0 Å². The monoisotopic (exact) mass is 338 g/mol. The number of halogens is 1. The Hall–Kier alpha value is -1.86. The number of hydrogen-bond acceptors (Lipinski definition) is 5. The minimum absolute atomic E-state index is 0.0244. The lowest BCUT2D eigenvalue weighted by Gasteiger charge is -2.26. The molecule has 0 bridgehead atoms. The van der Waals surface area contributed by atoms with Gasteiger partial charge in [-0.05, 0) is 12.5 Å². The van der Waals surface area contributed by atoms with Crippen molar-refractivity contribution < 1.29 is 14.3 Å². The van der Waals surface area contributed by atoms with Gasteiger partial charge in [-0.1, -0.05) is 11.6 Å². The number of carbonyl (C=O) groups excluding carboxylic acids is 2. The number of hydrogen-bond donors (Lipinski definition) is 1. The summed E-state index contributed by atoms with van der Waals surface area (Å²) in [7, 11) is 1.77. The van der Waals surface area contributed by atoms with Gasteiger partial charge in [-0.25, -0.2) is 4.98 Å². The van der Waals surface area contributed by atoms with Crippen molar-refractivity contribution in [2.45, 2.75) is 12.5 Å². The van der Waals surface area contributed by atoms with Crippen LogP contribution in [0.3, 0.4) is 0 Å². The van der Waals surface area contributed by atoms with E-state index in [1.165, 1.54) is 6.20 Å². The molecule has 2 aliphatic rings. The first kappa shape index (κ1) is 16.0. The highest BCUT2D eigenvalue weighted by molar-refractivity contribution is 6.33. The fourth-order valence-electron chi connectivity index (χ4n) is 2.73. The van der Waals surface area contributed by atoms with Crippen LogP contribution in [-0.2, 0) is 9.53 Å². The highest BCUT2D eigenvalue weighted by Gasteiger charge is 2.29. The number of likely N-dealkylation sites (tertiary alicyclic amines) is 1. The largest absolute Gasteiger partial charge is 0.378 e. The molecule has 2 fully saturated rings. The smallest absolute Gasteiger partial charge is 0.255 e. The number of anilines is 1. The van der Waals surface area contributed by atoms with Gasteiger partial charge < -0.3 is 19.9 Å². The highest BCUT2D eigenvalue weighted by atomic mass is 35.5. The quantitative estimate of drug-likeness (QED) is 0.884. The van der Waals surface area contributed by atoms with Gasteiger partial charge in [-0.15, -0.1) is 0 Å². The van der Waals surface area contributed by atoms with Crippen LogP contribution in [0, 0.1) is 0 Å². The molecule has 0 spiro atoms. The Bertz CT molecular complexity index is 619. The van der Waals surface area contributed by atoms with Crippen LogP contribution in [0.2, 0.25) is 5.02 Å². The van der Waals surface area contributed by atoms with Crippen LogP contribution >= 0.6 is 11.6 Å². The molecule has 2 aliphatic heterocycles. The molecule has 2 amide bonds. The molecule has 1 unspecified atom stereocenters. The summed E-state index contributed by atoms with van der Waals surface area (Å²) in [5, 5.41) is 3.40. The summed E-state index contributed by atoms with van der Waals surface area (Å²) < 4.78 is 5.24. The Morgan fingerprint density at radius 2 is 2.13 bits per heavy atom. The third-order valence-corrected chi connectivity index (χ3v) is 4.41. The molecule has 2 saturated heterocycles. The molecule has 1 aromatic heterocycles. The van der Waals surface area contributed by atoms with Crippen molar-refractivity contribution >= 4 is 29.2 Å². The van der Waals surface area contributed by atoms with E-state index in [1.54, 1.807) is 22.9 Å². The van der Waals surface area contributed by atoms with Crippen molar-refractivity contribution in [3.8, 4) is 0 Å². The predicted molar refractivity (Wildman–Crippen MR) is 85.6 cm³/mol. The minimum Gasteiger partial charge on any atom is -0.378 e. The molecule has 7 nitrogen and oxygen atoms in total. The van der Waals surface area contributed by atoms with Crippen LogP contribution in [0.5, 0.6) is 0 Å². The molecule has 3 rings (SSSR count). The Kier molecular flexibility index (Phi) is 4.68. The van der Waals surface area contributed by atoms with E-state index in [2.05, 4.69) is 10.3 Å². The fraction of sp³-hybridized carbons (Fsp3) is 0.533.